The molecule has 0 aliphatic carbocycles. The Balaban J connectivity index is 2.42. The third kappa shape index (κ3) is 6.37. The van der Waals surface area contributed by atoms with E-state index in [9.17, 15) is 18.0 Å². The number of hydrogen-bond donors (Lipinski definition) is 1. The zero-order valence-corrected chi connectivity index (χ0v) is 20.8. The Hall–Kier alpha value is -2.29. The molecule has 0 aliphatic rings. The minimum atomic E-state index is -3.77. The van der Waals surface area contributed by atoms with Crippen LogP contribution in [0.3, 0.4) is 0 Å². The Morgan fingerprint density at radius 1 is 1.06 bits per heavy atom. The van der Waals surface area contributed by atoms with E-state index in [0.29, 0.717) is 21.3 Å². The Morgan fingerprint density at radius 3 is 2.09 bits per heavy atom. The van der Waals surface area contributed by atoms with Crippen LogP contribution in [0.25, 0.3) is 0 Å². The first-order valence-corrected chi connectivity index (χ1v) is 12.6. The van der Waals surface area contributed by atoms with Gasteiger partial charge in [-0.25, -0.2) is 8.42 Å². The lowest BCUT2D eigenvalue weighted by molar-refractivity contribution is -0.139. The topological polar surface area (TPSA) is 86.8 Å². The number of amides is 2. The van der Waals surface area contributed by atoms with Crippen molar-refractivity contribution in [2.24, 2.45) is 0 Å². The Kier molecular flexibility index (Phi) is 8.95. The van der Waals surface area contributed by atoms with Crippen molar-refractivity contribution in [1.82, 2.24) is 10.2 Å². The summed E-state index contributed by atoms with van der Waals surface area (Å²) < 4.78 is 26.0. The summed E-state index contributed by atoms with van der Waals surface area (Å²) >= 11 is 12.5. The lowest BCUT2D eigenvalue weighted by atomic mass is 10.1. The molecule has 2 aromatic rings. The first-order valence-electron chi connectivity index (χ1n) is 10.00. The quantitative estimate of drug-likeness (QED) is 0.571. The number of likely N-dealkylation sites (N-methyl/N-ethyl adjacent to an activating group) is 1. The molecule has 0 aromatic heterocycles. The van der Waals surface area contributed by atoms with Gasteiger partial charge in [0, 0.05) is 29.2 Å². The number of nitrogens with zero attached hydrogens (tertiary/aromatic N) is 2. The molecule has 0 aliphatic heterocycles. The van der Waals surface area contributed by atoms with Crippen LogP contribution in [0, 0.1) is 0 Å². The van der Waals surface area contributed by atoms with Crippen molar-refractivity contribution in [1.29, 1.82) is 0 Å². The first-order chi connectivity index (χ1) is 15.0. The van der Waals surface area contributed by atoms with Crippen LogP contribution in [0.2, 0.25) is 10.0 Å². The predicted octanol–water partition coefficient (Wildman–Crippen LogP) is 3.49. The molecule has 0 spiro atoms. The van der Waals surface area contributed by atoms with Crippen LogP contribution in [0.15, 0.2) is 42.5 Å². The number of carbonyl (C=O) groups is 2. The first kappa shape index (κ1) is 26.0. The number of hydrogen-bond acceptors (Lipinski definition) is 4. The summed E-state index contributed by atoms with van der Waals surface area (Å²) in [5.41, 5.74) is 1.87. The van der Waals surface area contributed by atoms with Crippen LogP contribution >= 0.6 is 23.2 Å². The van der Waals surface area contributed by atoms with Crippen molar-refractivity contribution in [2.45, 2.75) is 32.9 Å². The van der Waals surface area contributed by atoms with Gasteiger partial charge in [-0.2, -0.15) is 0 Å². The smallest absolute Gasteiger partial charge is 0.244 e. The SMILES string of the molecule is CCc1ccc(N(CC(=O)N(Cc2c(Cl)cccc2Cl)C(C)C(=O)NC)S(C)(=O)=O)cc1. The maximum Gasteiger partial charge on any atom is 0.244 e. The molecule has 0 heterocycles. The third-order valence-electron chi connectivity index (χ3n) is 5.12. The maximum absolute atomic E-state index is 13.3. The van der Waals surface area contributed by atoms with Crippen LogP contribution in [0.5, 0.6) is 0 Å². The Morgan fingerprint density at radius 2 is 1.62 bits per heavy atom. The van der Waals surface area contributed by atoms with Crippen molar-refractivity contribution >= 4 is 50.7 Å². The Labute approximate surface area is 199 Å². The van der Waals surface area contributed by atoms with Crippen molar-refractivity contribution < 1.29 is 18.0 Å². The average Bonchev–Trinajstić information content (AvgIpc) is 2.75. The van der Waals surface area contributed by atoms with E-state index in [-0.39, 0.29) is 6.54 Å². The summed E-state index contributed by atoms with van der Waals surface area (Å²) in [5, 5.41) is 3.20. The zero-order valence-electron chi connectivity index (χ0n) is 18.4. The number of halogens is 2. The number of rotatable bonds is 9. The molecule has 0 radical (unpaired) electrons. The lowest BCUT2D eigenvalue weighted by Crippen LogP contribution is -2.50. The number of aryl methyl sites for hydroxylation is 1. The highest BCUT2D eigenvalue weighted by Gasteiger charge is 2.30. The standard InChI is InChI=1S/C22H27Cl2N3O4S/c1-5-16-9-11-17(12-10-16)27(32(4,30)31)14-21(28)26(15(2)22(29)25-3)13-18-19(23)7-6-8-20(18)24/h6-12,15H,5,13-14H2,1-4H3,(H,25,29). The van der Waals surface area contributed by atoms with Gasteiger partial charge in [-0.3, -0.25) is 13.9 Å². The minimum absolute atomic E-state index is 0.0572. The molecule has 7 nitrogen and oxygen atoms in total. The molecule has 1 unspecified atom stereocenters. The van der Waals surface area contributed by atoms with Gasteiger partial charge in [0.15, 0.2) is 0 Å². The van der Waals surface area contributed by atoms with Gasteiger partial charge in [0.25, 0.3) is 0 Å². The highest BCUT2D eigenvalue weighted by atomic mass is 35.5. The van der Waals surface area contributed by atoms with E-state index in [1.165, 1.54) is 11.9 Å². The fraction of sp³-hybridized carbons (Fsp3) is 0.364. The monoisotopic (exact) mass is 499 g/mol. The van der Waals surface area contributed by atoms with Gasteiger partial charge in [0.2, 0.25) is 21.8 Å². The second-order valence-electron chi connectivity index (χ2n) is 7.30. The summed E-state index contributed by atoms with van der Waals surface area (Å²) in [5.74, 6) is -0.971. The maximum atomic E-state index is 13.3. The van der Waals surface area contributed by atoms with E-state index in [1.54, 1.807) is 37.3 Å². The van der Waals surface area contributed by atoms with E-state index in [1.807, 2.05) is 19.1 Å². The normalized spacial score (nSPS) is 12.2. The summed E-state index contributed by atoms with van der Waals surface area (Å²) in [6, 6.07) is 11.0. The van der Waals surface area contributed by atoms with Gasteiger partial charge in [0.1, 0.15) is 12.6 Å². The molecule has 32 heavy (non-hydrogen) atoms. The highest BCUT2D eigenvalue weighted by Crippen LogP contribution is 2.27. The van der Waals surface area contributed by atoms with E-state index in [2.05, 4.69) is 5.32 Å². The zero-order chi connectivity index (χ0) is 24.1. The summed E-state index contributed by atoms with van der Waals surface area (Å²) in [6.07, 6.45) is 1.83. The molecular formula is C22H27Cl2N3O4S. The molecular weight excluding hydrogens is 473 g/mol. The summed E-state index contributed by atoms with van der Waals surface area (Å²) in [4.78, 5) is 26.9. The van der Waals surface area contributed by atoms with Crippen molar-refractivity contribution in [3.63, 3.8) is 0 Å². The van der Waals surface area contributed by atoms with E-state index in [4.69, 9.17) is 23.2 Å². The van der Waals surface area contributed by atoms with Gasteiger partial charge < -0.3 is 10.2 Å². The molecule has 0 saturated carbocycles. The second-order valence-corrected chi connectivity index (χ2v) is 10.0. The molecule has 0 saturated heterocycles. The summed E-state index contributed by atoms with van der Waals surface area (Å²) in [6.45, 7) is 3.01. The fourth-order valence-electron chi connectivity index (χ4n) is 3.16. The highest BCUT2D eigenvalue weighted by molar-refractivity contribution is 7.92. The van der Waals surface area contributed by atoms with Gasteiger partial charge in [-0.1, -0.05) is 48.3 Å². The lowest BCUT2D eigenvalue weighted by Gasteiger charge is -2.31. The summed E-state index contributed by atoms with van der Waals surface area (Å²) in [7, 11) is -2.31. The molecule has 0 fully saturated rings. The fourth-order valence-corrected chi connectivity index (χ4v) is 4.52. The van der Waals surface area contributed by atoms with E-state index in [0.717, 1.165) is 22.5 Å². The van der Waals surface area contributed by atoms with Gasteiger partial charge in [-0.15, -0.1) is 0 Å². The average molecular weight is 500 g/mol. The minimum Gasteiger partial charge on any atom is -0.357 e. The van der Waals surface area contributed by atoms with Crippen molar-refractivity contribution in [2.75, 3.05) is 24.2 Å². The number of carbonyl (C=O) groups excluding carboxylic acids is 2. The van der Waals surface area contributed by atoms with Crippen molar-refractivity contribution in [3.05, 3.63) is 63.6 Å². The number of anilines is 1. The van der Waals surface area contributed by atoms with E-state index >= 15 is 0 Å². The van der Waals surface area contributed by atoms with E-state index < -0.39 is 34.4 Å². The molecule has 1 atom stereocenters. The molecule has 0 bridgehead atoms. The van der Waals surface area contributed by atoms with Crippen LogP contribution < -0.4 is 9.62 Å². The molecule has 10 heteroatoms. The molecule has 2 rings (SSSR count). The number of sulfonamides is 1. The van der Waals surface area contributed by atoms with Gasteiger partial charge in [0.05, 0.1) is 11.9 Å². The number of benzene rings is 2. The second kappa shape index (κ2) is 11.0. The van der Waals surface area contributed by atoms with Gasteiger partial charge >= 0.3 is 0 Å². The largest absolute Gasteiger partial charge is 0.357 e. The molecule has 174 valence electrons. The van der Waals surface area contributed by atoms with Crippen molar-refractivity contribution in [3.8, 4) is 0 Å². The van der Waals surface area contributed by atoms with Crippen LogP contribution in [0.4, 0.5) is 5.69 Å². The predicted molar refractivity (Wildman–Crippen MR) is 129 cm³/mol. The Bertz CT molecular complexity index is 1050. The van der Waals surface area contributed by atoms with Crippen LogP contribution in [0.1, 0.15) is 25.0 Å². The third-order valence-corrected chi connectivity index (χ3v) is 6.96. The molecule has 1 N–H and O–H groups in total. The van der Waals surface area contributed by atoms with Crippen LogP contribution in [-0.2, 0) is 32.6 Å². The van der Waals surface area contributed by atoms with Crippen LogP contribution in [-0.4, -0.2) is 51.0 Å². The van der Waals surface area contributed by atoms with Gasteiger partial charge in [-0.05, 0) is 43.2 Å². The number of nitrogens with one attached hydrogen (secondary N) is 1. The molecule has 2 amide bonds. The molecule has 2 aromatic carbocycles.